The van der Waals surface area contributed by atoms with Crippen molar-refractivity contribution in [3.05, 3.63) is 35.5 Å². The summed E-state index contributed by atoms with van der Waals surface area (Å²) in [4.78, 5) is 15.5. The van der Waals surface area contributed by atoms with Gasteiger partial charge >= 0.3 is 0 Å². The van der Waals surface area contributed by atoms with Crippen LogP contribution in [0.25, 0.3) is 10.9 Å². The second-order valence-corrected chi connectivity index (χ2v) is 5.90. The van der Waals surface area contributed by atoms with Crippen molar-refractivity contribution in [2.45, 2.75) is 45.8 Å². The Bertz CT molecular complexity index is 626. The molecule has 0 aliphatic carbocycles. The van der Waals surface area contributed by atoms with E-state index in [0.717, 1.165) is 22.2 Å². The summed E-state index contributed by atoms with van der Waals surface area (Å²) >= 11 is 0. The minimum Gasteiger partial charge on any atom is -0.391 e. The average Bonchev–Trinajstić information content (AvgIpc) is 2.65. The molecule has 1 heterocycles. The van der Waals surface area contributed by atoms with E-state index in [-0.39, 0.29) is 5.91 Å². The van der Waals surface area contributed by atoms with Gasteiger partial charge in [0.25, 0.3) is 0 Å². The van der Waals surface area contributed by atoms with Crippen LogP contribution in [0.2, 0.25) is 0 Å². The normalized spacial score (nSPS) is 13.4. The number of aromatic amines is 1. The van der Waals surface area contributed by atoms with Crippen LogP contribution in [0.1, 0.15) is 32.0 Å². The fraction of sp³-hybridized carbons (Fsp3) is 0.438. The molecule has 3 N–H and O–H groups in total. The lowest BCUT2D eigenvalue weighted by atomic mass is 9.98. The van der Waals surface area contributed by atoms with Crippen LogP contribution in [0, 0.1) is 6.92 Å². The van der Waals surface area contributed by atoms with E-state index in [0.29, 0.717) is 6.42 Å². The van der Waals surface area contributed by atoms with E-state index < -0.39 is 11.6 Å². The van der Waals surface area contributed by atoms with E-state index in [1.807, 2.05) is 45.0 Å². The van der Waals surface area contributed by atoms with Crippen molar-refractivity contribution in [1.29, 1.82) is 0 Å². The molecule has 0 fully saturated rings. The minimum absolute atomic E-state index is 0.0799. The Morgan fingerprint density at radius 1 is 1.40 bits per heavy atom. The summed E-state index contributed by atoms with van der Waals surface area (Å²) in [5, 5.41) is 13.6. The van der Waals surface area contributed by atoms with Crippen LogP contribution in [-0.2, 0) is 11.2 Å². The van der Waals surface area contributed by atoms with Crippen LogP contribution in [0.4, 0.5) is 0 Å². The summed E-state index contributed by atoms with van der Waals surface area (Å²) in [7, 11) is 0. The first-order valence-electron chi connectivity index (χ1n) is 6.86. The number of H-pyrrole nitrogens is 1. The van der Waals surface area contributed by atoms with Crippen LogP contribution < -0.4 is 5.32 Å². The summed E-state index contributed by atoms with van der Waals surface area (Å²) in [5.74, 6) is -0.0799. The number of carbonyl (C=O) groups excluding carboxylic acids is 1. The van der Waals surface area contributed by atoms with Crippen LogP contribution in [0.15, 0.2) is 24.3 Å². The van der Waals surface area contributed by atoms with Gasteiger partial charge in [0.15, 0.2) is 0 Å². The highest BCUT2D eigenvalue weighted by Gasteiger charge is 2.26. The van der Waals surface area contributed by atoms with Crippen molar-refractivity contribution in [1.82, 2.24) is 10.3 Å². The lowest BCUT2D eigenvalue weighted by Crippen LogP contribution is -2.51. The van der Waals surface area contributed by atoms with Crippen molar-refractivity contribution < 1.29 is 9.90 Å². The third-order valence-corrected chi connectivity index (χ3v) is 3.87. The van der Waals surface area contributed by atoms with Gasteiger partial charge in [-0.1, -0.05) is 18.2 Å². The standard InChI is InChI=1S/C16H22N2O2/c1-10-13(12-7-5-6-8-14(12)17-10)9-15(20)18-16(3,4)11(2)19/h5-8,11,17,19H,9H2,1-4H3,(H,18,20). The summed E-state index contributed by atoms with van der Waals surface area (Å²) in [6, 6.07) is 7.96. The van der Waals surface area contributed by atoms with Crippen molar-refractivity contribution >= 4 is 16.8 Å². The molecular formula is C16H22N2O2. The van der Waals surface area contributed by atoms with Gasteiger partial charge in [0.05, 0.1) is 18.1 Å². The van der Waals surface area contributed by atoms with Gasteiger partial charge in [0, 0.05) is 16.6 Å². The largest absolute Gasteiger partial charge is 0.391 e. The van der Waals surface area contributed by atoms with E-state index in [1.54, 1.807) is 6.92 Å². The van der Waals surface area contributed by atoms with Gasteiger partial charge in [-0.15, -0.1) is 0 Å². The molecule has 1 aromatic heterocycles. The lowest BCUT2D eigenvalue weighted by Gasteiger charge is -2.29. The number of aromatic nitrogens is 1. The zero-order valence-corrected chi connectivity index (χ0v) is 12.4. The van der Waals surface area contributed by atoms with Crippen LogP contribution in [0.5, 0.6) is 0 Å². The minimum atomic E-state index is -0.628. The molecule has 0 aliphatic rings. The number of carbonyl (C=O) groups is 1. The Labute approximate surface area is 119 Å². The Kier molecular flexibility index (Phi) is 3.86. The molecule has 0 radical (unpaired) electrons. The van der Waals surface area contributed by atoms with Crippen molar-refractivity contribution in [3.8, 4) is 0 Å². The molecule has 2 rings (SSSR count). The van der Waals surface area contributed by atoms with Crippen LogP contribution >= 0.6 is 0 Å². The number of amides is 1. The third-order valence-electron chi connectivity index (χ3n) is 3.87. The number of hydrogen-bond acceptors (Lipinski definition) is 2. The maximum absolute atomic E-state index is 12.2. The van der Waals surface area contributed by atoms with Crippen molar-refractivity contribution in [2.24, 2.45) is 0 Å². The van der Waals surface area contributed by atoms with E-state index in [9.17, 15) is 9.90 Å². The molecule has 2 aromatic rings. The molecule has 0 bridgehead atoms. The van der Waals surface area contributed by atoms with Gasteiger partial charge < -0.3 is 15.4 Å². The van der Waals surface area contributed by atoms with Gasteiger partial charge in [0.2, 0.25) is 5.91 Å². The van der Waals surface area contributed by atoms with Crippen molar-refractivity contribution in [2.75, 3.05) is 0 Å². The molecule has 1 unspecified atom stereocenters. The molecule has 0 spiro atoms. The smallest absolute Gasteiger partial charge is 0.225 e. The number of benzene rings is 1. The average molecular weight is 274 g/mol. The molecule has 0 aliphatic heterocycles. The van der Waals surface area contributed by atoms with E-state index in [1.165, 1.54) is 0 Å². The molecule has 0 saturated heterocycles. The highest BCUT2D eigenvalue weighted by molar-refractivity contribution is 5.90. The number of nitrogens with one attached hydrogen (secondary N) is 2. The third kappa shape index (κ3) is 2.85. The summed E-state index contributed by atoms with van der Waals surface area (Å²) in [5.41, 5.74) is 2.44. The molecule has 4 nitrogen and oxygen atoms in total. The molecule has 108 valence electrons. The topological polar surface area (TPSA) is 65.1 Å². The molecule has 1 amide bonds. The van der Waals surface area contributed by atoms with E-state index >= 15 is 0 Å². The molecular weight excluding hydrogens is 252 g/mol. The SMILES string of the molecule is Cc1[nH]c2ccccc2c1CC(=O)NC(C)(C)C(C)O. The van der Waals surface area contributed by atoms with Gasteiger partial charge in [0.1, 0.15) is 0 Å². The second-order valence-electron chi connectivity index (χ2n) is 5.90. The summed E-state index contributed by atoms with van der Waals surface area (Å²) in [6.45, 7) is 7.29. The van der Waals surface area contributed by atoms with Gasteiger partial charge in [-0.05, 0) is 39.3 Å². The van der Waals surface area contributed by atoms with Crippen LogP contribution in [0.3, 0.4) is 0 Å². The Morgan fingerprint density at radius 2 is 2.05 bits per heavy atom. The monoisotopic (exact) mass is 274 g/mol. The number of hydrogen-bond donors (Lipinski definition) is 3. The number of aryl methyl sites for hydroxylation is 1. The van der Waals surface area contributed by atoms with Crippen LogP contribution in [-0.4, -0.2) is 27.6 Å². The molecule has 0 saturated carbocycles. The first-order chi connectivity index (χ1) is 9.31. The summed E-state index contributed by atoms with van der Waals surface area (Å²) < 4.78 is 0. The Balaban J connectivity index is 2.20. The number of rotatable bonds is 4. The van der Waals surface area contributed by atoms with E-state index in [2.05, 4.69) is 10.3 Å². The first-order valence-corrected chi connectivity index (χ1v) is 6.86. The number of aliphatic hydroxyl groups is 1. The molecule has 4 heteroatoms. The number of aliphatic hydroxyl groups excluding tert-OH is 1. The molecule has 1 atom stereocenters. The number of para-hydroxylation sites is 1. The molecule has 20 heavy (non-hydrogen) atoms. The van der Waals surface area contributed by atoms with Crippen molar-refractivity contribution in [3.63, 3.8) is 0 Å². The van der Waals surface area contributed by atoms with E-state index in [4.69, 9.17) is 0 Å². The highest BCUT2D eigenvalue weighted by atomic mass is 16.3. The first kappa shape index (κ1) is 14.6. The van der Waals surface area contributed by atoms with Gasteiger partial charge in [-0.25, -0.2) is 0 Å². The zero-order chi connectivity index (χ0) is 14.9. The quantitative estimate of drug-likeness (QED) is 0.801. The lowest BCUT2D eigenvalue weighted by molar-refractivity contribution is -0.123. The Hall–Kier alpha value is -1.81. The second kappa shape index (κ2) is 5.29. The molecule has 1 aromatic carbocycles. The fourth-order valence-corrected chi connectivity index (χ4v) is 2.23. The van der Waals surface area contributed by atoms with Gasteiger partial charge in [-0.2, -0.15) is 0 Å². The zero-order valence-electron chi connectivity index (χ0n) is 12.4. The Morgan fingerprint density at radius 3 is 2.70 bits per heavy atom. The van der Waals surface area contributed by atoms with Gasteiger partial charge in [-0.3, -0.25) is 4.79 Å². The summed E-state index contributed by atoms with van der Waals surface area (Å²) in [6.07, 6.45) is -0.290. The number of fused-ring (bicyclic) bond motifs is 1. The highest BCUT2D eigenvalue weighted by Crippen LogP contribution is 2.22. The fourth-order valence-electron chi connectivity index (χ4n) is 2.23. The predicted octanol–water partition coefficient (Wildman–Crippen LogP) is 2.29. The maximum atomic E-state index is 12.2. The predicted molar refractivity (Wildman–Crippen MR) is 80.6 cm³/mol. The maximum Gasteiger partial charge on any atom is 0.225 e.